The van der Waals surface area contributed by atoms with Gasteiger partial charge in [-0.25, -0.2) is 9.97 Å². The Morgan fingerprint density at radius 1 is 1.24 bits per heavy atom. The molecule has 0 spiro atoms. The van der Waals surface area contributed by atoms with E-state index in [9.17, 15) is 0 Å². The second kappa shape index (κ2) is 3.87. The lowest BCUT2D eigenvalue weighted by molar-refractivity contribution is 0.365. The fourth-order valence-corrected chi connectivity index (χ4v) is 1.93. The van der Waals surface area contributed by atoms with E-state index in [2.05, 4.69) is 21.1 Å². The van der Waals surface area contributed by atoms with Crippen molar-refractivity contribution < 1.29 is 0 Å². The first kappa shape index (κ1) is 9.78. The number of hydrogen-bond donors (Lipinski definition) is 0. The molecule has 2 aromatic heterocycles. The molecule has 0 N–H and O–H groups in total. The van der Waals surface area contributed by atoms with Gasteiger partial charge in [0.05, 0.1) is 6.04 Å². The molecule has 0 atom stereocenters. The highest BCUT2D eigenvalue weighted by Crippen LogP contribution is 2.26. The zero-order valence-corrected chi connectivity index (χ0v) is 9.06. The highest BCUT2D eigenvalue weighted by atomic mass is 15.4. The number of rotatable bonds is 2. The van der Waals surface area contributed by atoms with E-state index in [1.54, 1.807) is 12.4 Å². The van der Waals surface area contributed by atoms with Gasteiger partial charge >= 0.3 is 0 Å². The minimum absolute atomic E-state index is 0.360. The number of aromatic nitrogens is 4. The number of anilines is 1. The van der Waals surface area contributed by atoms with Gasteiger partial charge < -0.3 is 4.90 Å². The van der Waals surface area contributed by atoms with E-state index >= 15 is 0 Å². The maximum atomic E-state index is 8.94. The highest BCUT2D eigenvalue weighted by Gasteiger charge is 2.31. The third-order valence-corrected chi connectivity index (χ3v) is 2.85. The van der Waals surface area contributed by atoms with Crippen LogP contribution in [0.15, 0.2) is 30.9 Å². The Morgan fingerprint density at radius 2 is 2.06 bits per heavy atom. The predicted molar refractivity (Wildman–Crippen MR) is 60.2 cm³/mol. The van der Waals surface area contributed by atoms with Crippen molar-refractivity contribution in [2.75, 3.05) is 18.0 Å². The minimum Gasteiger partial charge on any atom is -0.350 e. The van der Waals surface area contributed by atoms with Crippen molar-refractivity contribution in [3.8, 4) is 6.07 Å². The van der Waals surface area contributed by atoms with E-state index in [4.69, 9.17) is 5.26 Å². The van der Waals surface area contributed by atoms with Gasteiger partial charge in [-0.3, -0.25) is 4.68 Å². The molecule has 1 fully saturated rings. The molecule has 2 aromatic rings. The van der Waals surface area contributed by atoms with E-state index in [1.807, 2.05) is 21.8 Å². The summed E-state index contributed by atoms with van der Waals surface area (Å²) in [7, 11) is 0. The molecule has 3 rings (SSSR count). The van der Waals surface area contributed by atoms with Crippen molar-refractivity contribution in [3.05, 3.63) is 36.5 Å². The summed E-state index contributed by atoms with van der Waals surface area (Å²) in [4.78, 5) is 10.2. The quantitative estimate of drug-likeness (QED) is 0.750. The van der Waals surface area contributed by atoms with Gasteiger partial charge in [0, 0.05) is 37.9 Å². The Labute approximate surface area is 98.1 Å². The maximum Gasteiger partial charge on any atom is 0.183 e. The SMILES string of the molecule is N#Cc1nccnc1N1CC(n2cccn2)C1. The lowest BCUT2D eigenvalue weighted by Gasteiger charge is -2.39. The van der Waals surface area contributed by atoms with Crippen LogP contribution in [0.5, 0.6) is 0 Å². The van der Waals surface area contributed by atoms with Crippen LogP contribution >= 0.6 is 0 Å². The molecule has 0 aromatic carbocycles. The standard InChI is InChI=1S/C11H10N6/c12-6-10-11(14-4-3-13-10)16-7-9(8-16)17-5-1-2-15-17/h1-5,9H,7-8H2. The van der Waals surface area contributed by atoms with Gasteiger partial charge in [-0.05, 0) is 6.07 Å². The number of hydrogen-bond acceptors (Lipinski definition) is 5. The fraction of sp³-hybridized carbons (Fsp3) is 0.273. The van der Waals surface area contributed by atoms with Crippen molar-refractivity contribution in [1.29, 1.82) is 5.26 Å². The molecule has 17 heavy (non-hydrogen) atoms. The topological polar surface area (TPSA) is 70.6 Å². The second-order valence-electron chi connectivity index (χ2n) is 3.89. The first-order valence-corrected chi connectivity index (χ1v) is 5.33. The molecule has 6 heteroatoms. The Balaban J connectivity index is 1.75. The van der Waals surface area contributed by atoms with Crippen molar-refractivity contribution in [2.24, 2.45) is 0 Å². The van der Waals surface area contributed by atoms with Gasteiger partial charge in [-0.15, -0.1) is 0 Å². The average Bonchev–Trinajstić information content (AvgIpc) is 2.81. The molecule has 0 aliphatic carbocycles. The summed E-state index contributed by atoms with van der Waals surface area (Å²) < 4.78 is 1.93. The first-order valence-electron chi connectivity index (χ1n) is 5.33. The smallest absolute Gasteiger partial charge is 0.183 e. The molecule has 3 heterocycles. The van der Waals surface area contributed by atoms with Crippen LogP contribution in [0, 0.1) is 11.3 Å². The van der Waals surface area contributed by atoms with Gasteiger partial charge in [-0.1, -0.05) is 0 Å². The second-order valence-corrected chi connectivity index (χ2v) is 3.89. The molecular formula is C11H10N6. The van der Waals surface area contributed by atoms with Gasteiger partial charge in [0.2, 0.25) is 0 Å². The fourth-order valence-electron chi connectivity index (χ4n) is 1.93. The Morgan fingerprint density at radius 3 is 2.76 bits per heavy atom. The third kappa shape index (κ3) is 1.61. The van der Waals surface area contributed by atoms with Crippen LogP contribution in [0.1, 0.15) is 11.7 Å². The minimum atomic E-state index is 0.360. The van der Waals surface area contributed by atoms with Crippen molar-refractivity contribution in [1.82, 2.24) is 19.7 Å². The molecule has 84 valence electrons. The van der Waals surface area contributed by atoms with E-state index < -0.39 is 0 Å². The molecule has 0 amide bonds. The average molecular weight is 226 g/mol. The van der Waals surface area contributed by atoms with Gasteiger partial charge in [0.1, 0.15) is 6.07 Å². The van der Waals surface area contributed by atoms with Crippen LogP contribution < -0.4 is 4.90 Å². The van der Waals surface area contributed by atoms with E-state index in [0.717, 1.165) is 13.1 Å². The molecule has 1 aliphatic heterocycles. The van der Waals surface area contributed by atoms with Gasteiger partial charge in [0.15, 0.2) is 11.5 Å². The lowest BCUT2D eigenvalue weighted by atomic mass is 10.1. The molecule has 0 saturated carbocycles. The highest BCUT2D eigenvalue weighted by molar-refractivity contribution is 5.51. The van der Waals surface area contributed by atoms with Crippen LogP contribution in [-0.4, -0.2) is 32.8 Å². The monoisotopic (exact) mass is 226 g/mol. The molecule has 1 saturated heterocycles. The molecule has 0 unspecified atom stereocenters. The summed E-state index contributed by atoms with van der Waals surface area (Å²) in [5.74, 6) is 0.665. The molecule has 6 nitrogen and oxygen atoms in total. The molecular weight excluding hydrogens is 216 g/mol. The Kier molecular flexibility index (Phi) is 2.22. The van der Waals surface area contributed by atoms with E-state index in [0.29, 0.717) is 17.6 Å². The normalized spacial score (nSPS) is 15.4. The lowest BCUT2D eigenvalue weighted by Crippen LogP contribution is -2.48. The van der Waals surface area contributed by atoms with E-state index in [1.165, 1.54) is 6.20 Å². The van der Waals surface area contributed by atoms with Crippen LogP contribution in [-0.2, 0) is 0 Å². The van der Waals surface area contributed by atoms with Crippen LogP contribution in [0.2, 0.25) is 0 Å². The van der Waals surface area contributed by atoms with Gasteiger partial charge in [-0.2, -0.15) is 10.4 Å². The van der Waals surface area contributed by atoms with Crippen molar-refractivity contribution in [3.63, 3.8) is 0 Å². The summed E-state index contributed by atoms with van der Waals surface area (Å²) >= 11 is 0. The summed E-state index contributed by atoms with van der Waals surface area (Å²) in [6, 6.07) is 4.32. The molecule has 1 aliphatic rings. The largest absolute Gasteiger partial charge is 0.350 e. The maximum absolute atomic E-state index is 8.94. The molecule has 0 radical (unpaired) electrons. The van der Waals surface area contributed by atoms with Gasteiger partial charge in [0.25, 0.3) is 0 Å². The zero-order valence-electron chi connectivity index (χ0n) is 9.06. The number of nitriles is 1. The summed E-state index contributed by atoms with van der Waals surface area (Å²) in [5, 5.41) is 13.1. The molecule has 0 bridgehead atoms. The Hall–Kier alpha value is -2.42. The van der Waals surface area contributed by atoms with Crippen LogP contribution in [0.3, 0.4) is 0 Å². The van der Waals surface area contributed by atoms with E-state index in [-0.39, 0.29) is 0 Å². The first-order chi connectivity index (χ1) is 8.38. The van der Waals surface area contributed by atoms with Crippen LogP contribution in [0.4, 0.5) is 5.82 Å². The zero-order chi connectivity index (χ0) is 11.7. The third-order valence-electron chi connectivity index (χ3n) is 2.85. The number of nitrogens with zero attached hydrogens (tertiary/aromatic N) is 6. The summed E-state index contributed by atoms with van der Waals surface area (Å²) in [6.07, 6.45) is 6.86. The predicted octanol–water partition coefficient (Wildman–Crippen LogP) is 0.606. The van der Waals surface area contributed by atoms with Crippen molar-refractivity contribution >= 4 is 5.82 Å². The Bertz CT molecular complexity index is 550. The summed E-state index contributed by atoms with van der Waals surface area (Å²) in [5.41, 5.74) is 0.381. The van der Waals surface area contributed by atoms with Crippen molar-refractivity contribution in [2.45, 2.75) is 6.04 Å². The summed E-state index contributed by atoms with van der Waals surface area (Å²) in [6.45, 7) is 1.63. The van der Waals surface area contributed by atoms with Crippen LogP contribution in [0.25, 0.3) is 0 Å².